The van der Waals surface area contributed by atoms with Crippen molar-refractivity contribution in [1.82, 2.24) is 4.90 Å². The summed E-state index contributed by atoms with van der Waals surface area (Å²) in [6.07, 6.45) is 0.135. The Hall–Kier alpha value is -1.46. The van der Waals surface area contributed by atoms with Crippen molar-refractivity contribution in [3.05, 3.63) is 29.6 Å². The Kier molecular flexibility index (Phi) is 4.73. The van der Waals surface area contributed by atoms with Crippen molar-refractivity contribution in [3.8, 4) is 0 Å². The zero-order valence-corrected chi connectivity index (χ0v) is 12.1. The van der Waals surface area contributed by atoms with Gasteiger partial charge in [-0.1, -0.05) is 6.07 Å². The smallest absolute Gasteiger partial charge is 0.241 e. The van der Waals surface area contributed by atoms with E-state index in [1.165, 1.54) is 6.07 Å². The Labute approximate surface area is 118 Å². The van der Waals surface area contributed by atoms with Gasteiger partial charge in [0.25, 0.3) is 0 Å². The maximum Gasteiger partial charge on any atom is 0.241 e. The SMILES string of the molecule is Cc1ccc(NC(=O)[C@H](C)N2CCO[C@@H](C)C2)cc1F. The monoisotopic (exact) mass is 280 g/mol. The Morgan fingerprint density at radius 1 is 1.55 bits per heavy atom. The fourth-order valence-corrected chi connectivity index (χ4v) is 2.28. The van der Waals surface area contributed by atoms with Crippen LogP contribution in [0.3, 0.4) is 0 Å². The summed E-state index contributed by atoms with van der Waals surface area (Å²) in [5.41, 5.74) is 1.06. The number of nitrogens with one attached hydrogen (secondary N) is 1. The van der Waals surface area contributed by atoms with Crippen molar-refractivity contribution in [3.63, 3.8) is 0 Å². The molecule has 5 heteroatoms. The number of morpholine rings is 1. The maximum atomic E-state index is 13.5. The maximum absolute atomic E-state index is 13.5. The van der Waals surface area contributed by atoms with Gasteiger partial charge in [0, 0.05) is 18.8 Å². The lowest BCUT2D eigenvalue weighted by Crippen LogP contribution is -2.50. The molecular weight excluding hydrogens is 259 g/mol. The molecule has 2 rings (SSSR count). The summed E-state index contributed by atoms with van der Waals surface area (Å²) in [6, 6.07) is 4.46. The number of carbonyl (C=O) groups excluding carboxylic acids is 1. The molecule has 110 valence electrons. The lowest BCUT2D eigenvalue weighted by atomic mass is 10.2. The van der Waals surface area contributed by atoms with Gasteiger partial charge in [-0.25, -0.2) is 4.39 Å². The van der Waals surface area contributed by atoms with E-state index in [1.807, 2.05) is 13.8 Å². The predicted octanol–water partition coefficient (Wildman–Crippen LogP) is 2.18. The number of rotatable bonds is 3. The summed E-state index contributed by atoms with van der Waals surface area (Å²) in [7, 11) is 0. The van der Waals surface area contributed by atoms with Crippen LogP contribution in [-0.4, -0.2) is 42.6 Å². The van der Waals surface area contributed by atoms with Crippen LogP contribution in [-0.2, 0) is 9.53 Å². The molecule has 1 aliphatic heterocycles. The molecule has 4 nitrogen and oxygen atoms in total. The van der Waals surface area contributed by atoms with Crippen molar-refractivity contribution in [2.75, 3.05) is 25.0 Å². The second-order valence-corrected chi connectivity index (χ2v) is 5.31. The average molecular weight is 280 g/mol. The standard InChI is InChI=1S/C15H21FN2O2/c1-10-4-5-13(8-14(10)16)17-15(19)12(3)18-6-7-20-11(2)9-18/h4-5,8,11-12H,6-7,9H2,1-3H3,(H,17,19)/t11-,12-/m0/s1. The third-order valence-corrected chi connectivity index (χ3v) is 3.64. The summed E-state index contributed by atoms with van der Waals surface area (Å²) in [5, 5.41) is 2.76. The summed E-state index contributed by atoms with van der Waals surface area (Å²) < 4.78 is 18.9. The van der Waals surface area contributed by atoms with Crippen molar-refractivity contribution in [1.29, 1.82) is 0 Å². The van der Waals surface area contributed by atoms with Gasteiger partial charge in [-0.15, -0.1) is 0 Å². The summed E-state index contributed by atoms with van der Waals surface area (Å²) in [5.74, 6) is -0.433. The quantitative estimate of drug-likeness (QED) is 0.922. The first-order valence-corrected chi connectivity index (χ1v) is 6.90. The van der Waals surface area contributed by atoms with E-state index in [1.54, 1.807) is 19.1 Å². The largest absolute Gasteiger partial charge is 0.376 e. The molecule has 1 amide bonds. The molecule has 1 aromatic carbocycles. The second kappa shape index (κ2) is 6.33. The Morgan fingerprint density at radius 2 is 2.30 bits per heavy atom. The molecule has 1 N–H and O–H groups in total. The number of carbonyl (C=O) groups is 1. The normalized spacial score (nSPS) is 21.5. The fourth-order valence-electron chi connectivity index (χ4n) is 2.28. The summed E-state index contributed by atoms with van der Waals surface area (Å²) >= 11 is 0. The van der Waals surface area contributed by atoms with E-state index < -0.39 is 0 Å². The van der Waals surface area contributed by atoms with Crippen LogP contribution in [0.5, 0.6) is 0 Å². The van der Waals surface area contributed by atoms with E-state index in [0.29, 0.717) is 17.9 Å². The highest BCUT2D eigenvalue weighted by atomic mass is 19.1. The summed E-state index contributed by atoms with van der Waals surface area (Å²) in [4.78, 5) is 14.3. The average Bonchev–Trinajstić information content (AvgIpc) is 2.42. The highest BCUT2D eigenvalue weighted by Gasteiger charge is 2.26. The number of anilines is 1. The predicted molar refractivity (Wildman–Crippen MR) is 76.2 cm³/mol. The summed E-state index contributed by atoms with van der Waals surface area (Å²) in [6.45, 7) is 7.65. The van der Waals surface area contributed by atoms with Crippen LogP contribution in [0.15, 0.2) is 18.2 Å². The van der Waals surface area contributed by atoms with Gasteiger partial charge < -0.3 is 10.1 Å². The molecule has 0 unspecified atom stereocenters. The topological polar surface area (TPSA) is 41.6 Å². The molecule has 1 aliphatic rings. The van der Waals surface area contributed by atoms with Crippen LogP contribution in [0.25, 0.3) is 0 Å². The molecule has 0 saturated carbocycles. The highest BCUT2D eigenvalue weighted by molar-refractivity contribution is 5.94. The molecule has 2 atom stereocenters. The van der Waals surface area contributed by atoms with Crippen LogP contribution in [0, 0.1) is 12.7 Å². The Bertz CT molecular complexity index is 493. The number of amides is 1. The van der Waals surface area contributed by atoms with Gasteiger partial charge in [-0.2, -0.15) is 0 Å². The first-order valence-electron chi connectivity index (χ1n) is 6.90. The van der Waals surface area contributed by atoms with E-state index in [2.05, 4.69) is 10.2 Å². The minimum atomic E-state index is -0.310. The van der Waals surface area contributed by atoms with E-state index in [0.717, 1.165) is 13.1 Å². The molecule has 0 spiro atoms. The van der Waals surface area contributed by atoms with Crippen molar-refractivity contribution < 1.29 is 13.9 Å². The molecule has 0 aliphatic carbocycles. The molecule has 1 saturated heterocycles. The van der Waals surface area contributed by atoms with Crippen LogP contribution in [0.1, 0.15) is 19.4 Å². The lowest BCUT2D eigenvalue weighted by molar-refractivity contribution is -0.123. The third kappa shape index (κ3) is 3.55. The van der Waals surface area contributed by atoms with Crippen LogP contribution in [0.2, 0.25) is 0 Å². The van der Waals surface area contributed by atoms with Gasteiger partial charge in [0.1, 0.15) is 5.82 Å². The van der Waals surface area contributed by atoms with E-state index in [-0.39, 0.29) is 23.9 Å². The number of benzene rings is 1. The molecule has 0 aromatic heterocycles. The van der Waals surface area contributed by atoms with Crippen LogP contribution >= 0.6 is 0 Å². The number of ether oxygens (including phenoxy) is 1. The van der Waals surface area contributed by atoms with Gasteiger partial charge in [-0.3, -0.25) is 9.69 Å². The third-order valence-electron chi connectivity index (χ3n) is 3.64. The number of halogens is 1. The Balaban J connectivity index is 1.98. The molecular formula is C15H21FN2O2. The number of aryl methyl sites for hydroxylation is 1. The van der Waals surface area contributed by atoms with Crippen LogP contribution < -0.4 is 5.32 Å². The number of hydrogen-bond acceptors (Lipinski definition) is 3. The van der Waals surface area contributed by atoms with E-state index in [4.69, 9.17) is 4.74 Å². The van der Waals surface area contributed by atoms with E-state index >= 15 is 0 Å². The zero-order valence-electron chi connectivity index (χ0n) is 12.1. The second-order valence-electron chi connectivity index (χ2n) is 5.31. The molecule has 1 aromatic rings. The van der Waals surface area contributed by atoms with Crippen molar-refractivity contribution >= 4 is 11.6 Å². The van der Waals surface area contributed by atoms with Gasteiger partial charge in [0.2, 0.25) is 5.91 Å². The first kappa shape index (κ1) is 14.9. The molecule has 0 bridgehead atoms. The van der Waals surface area contributed by atoms with Gasteiger partial charge in [0.15, 0.2) is 0 Å². The molecule has 0 radical (unpaired) electrons. The molecule has 1 fully saturated rings. The van der Waals surface area contributed by atoms with Gasteiger partial charge >= 0.3 is 0 Å². The minimum Gasteiger partial charge on any atom is -0.376 e. The fraction of sp³-hybridized carbons (Fsp3) is 0.533. The number of nitrogens with zero attached hydrogens (tertiary/aromatic N) is 1. The highest BCUT2D eigenvalue weighted by Crippen LogP contribution is 2.15. The minimum absolute atomic E-state index is 0.123. The zero-order chi connectivity index (χ0) is 14.7. The van der Waals surface area contributed by atoms with Gasteiger partial charge in [-0.05, 0) is 38.5 Å². The lowest BCUT2D eigenvalue weighted by Gasteiger charge is -2.34. The van der Waals surface area contributed by atoms with Crippen molar-refractivity contribution in [2.45, 2.75) is 32.9 Å². The van der Waals surface area contributed by atoms with E-state index in [9.17, 15) is 9.18 Å². The number of hydrogen-bond donors (Lipinski definition) is 1. The van der Waals surface area contributed by atoms with Crippen LogP contribution in [0.4, 0.5) is 10.1 Å². The Morgan fingerprint density at radius 3 is 2.95 bits per heavy atom. The van der Waals surface area contributed by atoms with Crippen molar-refractivity contribution in [2.24, 2.45) is 0 Å². The first-order chi connectivity index (χ1) is 9.47. The molecule has 1 heterocycles. The molecule has 20 heavy (non-hydrogen) atoms. The van der Waals surface area contributed by atoms with Gasteiger partial charge in [0.05, 0.1) is 18.8 Å².